The van der Waals surface area contributed by atoms with E-state index in [9.17, 15) is 0 Å². The summed E-state index contributed by atoms with van der Waals surface area (Å²) in [5, 5.41) is 3.52. The Hall–Kier alpha value is -1.02. The molecule has 3 rings (SSSR count). The fourth-order valence-electron chi connectivity index (χ4n) is 3.75. The van der Waals surface area contributed by atoms with Gasteiger partial charge in [0, 0.05) is 18.8 Å². The maximum Gasteiger partial charge on any atom is 0.0398 e. The van der Waals surface area contributed by atoms with Crippen molar-refractivity contribution in [1.29, 1.82) is 0 Å². The van der Waals surface area contributed by atoms with Crippen molar-refractivity contribution >= 4 is 5.69 Å². The van der Waals surface area contributed by atoms with Crippen LogP contribution in [-0.4, -0.2) is 26.2 Å². The molecule has 0 spiro atoms. The lowest BCUT2D eigenvalue weighted by Crippen LogP contribution is -2.37. The van der Waals surface area contributed by atoms with Crippen molar-refractivity contribution < 1.29 is 0 Å². The number of hydrogen-bond acceptors (Lipinski definition) is 2. The number of rotatable bonds is 2. The third-order valence-electron chi connectivity index (χ3n) is 5.01. The van der Waals surface area contributed by atoms with Crippen LogP contribution in [-0.2, 0) is 0 Å². The molecule has 0 aliphatic carbocycles. The SMILES string of the molecule is Cc1ccc(C)c(N2CCC(C3CCNC3)CC2)c1. The van der Waals surface area contributed by atoms with Gasteiger partial charge in [-0.15, -0.1) is 0 Å². The molecule has 2 nitrogen and oxygen atoms in total. The van der Waals surface area contributed by atoms with Gasteiger partial charge in [-0.25, -0.2) is 0 Å². The van der Waals surface area contributed by atoms with Crippen molar-refractivity contribution in [3.63, 3.8) is 0 Å². The van der Waals surface area contributed by atoms with Crippen molar-refractivity contribution in [3.05, 3.63) is 29.3 Å². The van der Waals surface area contributed by atoms with E-state index in [-0.39, 0.29) is 0 Å². The zero-order valence-electron chi connectivity index (χ0n) is 12.3. The summed E-state index contributed by atoms with van der Waals surface area (Å²) in [7, 11) is 0. The Morgan fingerprint density at radius 1 is 1.05 bits per heavy atom. The van der Waals surface area contributed by atoms with Crippen LogP contribution < -0.4 is 10.2 Å². The minimum absolute atomic E-state index is 0.945. The van der Waals surface area contributed by atoms with Crippen LogP contribution in [0.2, 0.25) is 0 Å². The van der Waals surface area contributed by atoms with E-state index < -0.39 is 0 Å². The van der Waals surface area contributed by atoms with Crippen LogP contribution in [0.3, 0.4) is 0 Å². The summed E-state index contributed by atoms with van der Waals surface area (Å²) < 4.78 is 0. The molecule has 0 aromatic heterocycles. The first-order valence-electron chi connectivity index (χ1n) is 7.77. The largest absolute Gasteiger partial charge is 0.371 e. The van der Waals surface area contributed by atoms with Crippen molar-refractivity contribution in [2.24, 2.45) is 11.8 Å². The van der Waals surface area contributed by atoms with Crippen LogP contribution in [0.4, 0.5) is 5.69 Å². The van der Waals surface area contributed by atoms with Gasteiger partial charge in [-0.3, -0.25) is 0 Å². The summed E-state index contributed by atoms with van der Waals surface area (Å²) in [5.74, 6) is 1.90. The van der Waals surface area contributed by atoms with E-state index in [1.165, 1.54) is 62.3 Å². The minimum atomic E-state index is 0.945. The van der Waals surface area contributed by atoms with E-state index in [2.05, 4.69) is 42.3 Å². The molecule has 2 heterocycles. The Morgan fingerprint density at radius 3 is 2.53 bits per heavy atom. The van der Waals surface area contributed by atoms with E-state index >= 15 is 0 Å². The molecule has 0 radical (unpaired) electrons. The molecule has 0 saturated carbocycles. The molecule has 1 atom stereocenters. The van der Waals surface area contributed by atoms with E-state index in [4.69, 9.17) is 0 Å². The Bertz CT molecular complexity index is 427. The van der Waals surface area contributed by atoms with E-state index in [1.807, 2.05) is 0 Å². The van der Waals surface area contributed by atoms with Gasteiger partial charge in [-0.1, -0.05) is 12.1 Å². The molecule has 19 heavy (non-hydrogen) atoms. The molecule has 2 fully saturated rings. The average molecular weight is 258 g/mol. The molecule has 2 heteroatoms. The van der Waals surface area contributed by atoms with Gasteiger partial charge < -0.3 is 10.2 Å². The lowest BCUT2D eigenvalue weighted by Gasteiger charge is -2.36. The minimum Gasteiger partial charge on any atom is -0.371 e. The normalized spacial score (nSPS) is 24.9. The lowest BCUT2D eigenvalue weighted by molar-refractivity contribution is 0.292. The number of nitrogens with zero attached hydrogens (tertiary/aromatic N) is 1. The maximum absolute atomic E-state index is 3.52. The zero-order chi connectivity index (χ0) is 13.2. The summed E-state index contributed by atoms with van der Waals surface area (Å²) in [5.41, 5.74) is 4.26. The number of anilines is 1. The molecule has 2 aliphatic heterocycles. The standard InChI is InChI=1S/C17H26N2/c1-13-3-4-14(2)17(11-13)19-9-6-15(7-10-19)16-5-8-18-12-16/h3-4,11,15-16,18H,5-10,12H2,1-2H3. The zero-order valence-corrected chi connectivity index (χ0v) is 12.3. The van der Waals surface area contributed by atoms with Gasteiger partial charge in [0.2, 0.25) is 0 Å². The fraction of sp³-hybridized carbons (Fsp3) is 0.647. The van der Waals surface area contributed by atoms with Crippen LogP contribution in [0.5, 0.6) is 0 Å². The molecule has 0 bridgehead atoms. The Morgan fingerprint density at radius 2 is 1.84 bits per heavy atom. The molecule has 1 unspecified atom stereocenters. The van der Waals surface area contributed by atoms with Crippen molar-refractivity contribution in [2.45, 2.75) is 33.1 Å². The van der Waals surface area contributed by atoms with Crippen LogP contribution in [0, 0.1) is 25.7 Å². The topological polar surface area (TPSA) is 15.3 Å². The van der Waals surface area contributed by atoms with E-state index in [0.29, 0.717) is 0 Å². The summed E-state index contributed by atoms with van der Waals surface area (Å²) in [6.07, 6.45) is 4.15. The molecule has 1 N–H and O–H groups in total. The predicted molar refractivity (Wildman–Crippen MR) is 81.8 cm³/mol. The van der Waals surface area contributed by atoms with Crippen molar-refractivity contribution in [3.8, 4) is 0 Å². The summed E-state index contributed by atoms with van der Waals surface area (Å²) in [6.45, 7) is 9.41. The Balaban J connectivity index is 1.64. The average Bonchev–Trinajstić information content (AvgIpc) is 2.96. The number of nitrogens with one attached hydrogen (secondary N) is 1. The second kappa shape index (κ2) is 5.54. The number of aryl methyl sites for hydroxylation is 2. The van der Waals surface area contributed by atoms with Gasteiger partial charge in [0.25, 0.3) is 0 Å². The third-order valence-corrected chi connectivity index (χ3v) is 5.01. The first-order valence-corrected chi connectivity index (χ1v) is 7.77. The molecular weight excluding hydrogens is 232 g/mol. The van der Waals surface area contributed by atoms with Gasteiger partial charge >= 0.3 is 0 Å². The van der Waals surface area contributed by atoms with Crippen LogP contribution >= 0.6 is 0 Å². The second-order valence-electron chi connectivity index (χ2n) is 6.37. The predicted octanol–water partition coefficient (Wildman–Crippen LogP) is 3.13. The van der Waals surface area contributed by atoms with Crippen LogP contribution in [0.1, 0.15) is 30.4 Å². The molecule has 1 aromatic carbocycles. The van der Waals surface area contributed by atoms with Crippen LogP contribution in [0.25, 0.3) is 0 Å². The van der Waals surface area contributed by atoms with Gasteiger partial charge in [0.1, 0.15) is 0 Å². The summed E-state index contributed by atoms with van der Waals surface area (Å²) >= 11 is 0. The summed E-state index contributed by atoms with van der Waals surface area (Å²) in [4.78, 5) is 2.60. The highest BCUT2D eigenvalue weighted by atomic mass is 15.1. The monoisotopic (exact) mass is 258 g/mol. The molecule has 2 aliphatic rings. The Kier molecular flexibility index (Phi) is 3.79. The highest BCUT2D eigenvalue weighted by Gasteiger charge is 2.28. The van der Waals surface area contributed by atoms with Crippen molar-refractivity contribution in [2.75, 3.05) is 31.1 Å². The maximum atomic E-state index is 3.52. The molecule has 1 aromatic rings. The molecular formula is C17H26N2. The van der Waals surface area contributed by atoms with E-state index in [1.54, 1.807) is 0 Å². The smallest absolute Gasteiger partial charge is 0.0398 e. The third kappa shape index (κ3) is 2.79. The summed E-state index contributed by atoms with van der Waals surface area (Å²) in [6, 6.07) is 6.83. The Labute approximate surface area is 117 Å². The second-order valence-corrected chi connectivity index (χ2v) is 6.37. The molecule has 104 valence electrons. The first-order chi connectivity index (χ1) is 9.24. The first kappa shape index (κ1) is 13.0. The quantitative estimate of drug-likeness (QED) is 0.877. The fourth-order valence-corrected chi connectivity index (χ4v) is 3.75. The van der Waals surface area contributed by atoms with Gasteiger partial charge in [0.15, 0.2) is 0 Å². The number of benzene rings is 1. The molecule has 0 amide bonds. The van der Waals surface area contributed by atoms with Gasteiger partial charge in [0.05, 0.1) is 0 Å². The molecule has 2 saturated heterocycles. The van der Waals surface area contributed by atoms with Crippen LogP contribution in [0.15, 0.2) is 18.2 Å². The van der Waals surface area contributed by atoms with Gasteiger partial charge in [-0.05, 0) is 75.2 Å². The number of hydrogen-bond donors (Lipinski definition) is 1. The highest BCUT2D eigenvalue weighted by Crippen LogP contribution is 2.32. The lowest BCUT2D eigenvalue weighted by atomic mass is 9.83. The number of piperidine rings is 1. The highest BCUT2D eigenvalue weighted by molar-refractivity contribution is 5.55. The van der Waals surface area contributed by atoms with Crippen molar-refractivity contribution in [1.82, 2.24) is 5.32 Å². The van der Waals surface area contributed by atoms with E-state index in [0.717, 1.165) is 11.8 Å². The van der Waals surface area contributed by atoms with Gasteiger partial charge in [-0.2, -0.15) is 0 Å².